The summed E-state index contributed by atoms with van der Waals surface area (Å²) in [4.78, 5) is 2.40. The molecule has 24 heavy (non-hydrogen) atoms. The number of rotatable bonds is 6. The third-order valence-electron chi connectivity index (χ3n) is 4.82. The Kier molecular flexibility index (Phi) is 4.76. The van der Waals surface area contributed by atoms with Crippen LogP contribution >= 0.6 is 0 Å². The number of nitrogens with zero attached hydrogens (tertiary/aromatic N) is 1. The molecule has 0 radical (unpaired) electrons. The highest BCUT2D eigenvalue weighted by atomic mass is 32.2. The zero-order valence-electron chi connectivity index (χ0n) is 14.1. The number of hydrogen-bond acceptors (Lipinski definition) is 3. The quantitative estimate of drug-likeness (QED) is 0.873. The Balaban J connectivity index is 1.79. The van der Waals surface area contributed by atoms with Gasteiger partial charge in [0.2, 0.25) is 10.0 Å². The smallest absolute Gasteiger partial charge is 0.238 e. The van der Waals surface area contributed by atoms with Crippen LogP contribution in [0.15, 0.2) is 53.4 Å². The highest BCUT2D eigenvalue weighted by Crippen LogP contribution is 2.42. The lowest BCUT2D eigenvalue weighted by Crippen LogP contribution is -2.23. The van der Waals surface area contributed by atoms with Gasteiger partial charge in [-0.25, -0.2) is 13.6 Å². The van der Waals surface area contributed by atoms with E-state index < -0.39 is 10.0 Å². The predicted molar refractivity (Wildman–Crippen MR) is 96.1 cm³/mol. The molecule has 128 valence electrons. The first kappa shape index (κ1) is 17.1. The molecule has 4 nitrogen and oxygen atoms in total. The summed E-state index contributed by atoms with van der Waals surface area (Å²) in [6.07, 6.45) is 2.57. The third kappa shape index (κ3) is 3.86. The van der Waals surface area contributed by atoms with E-state index in [1.54, 1.807) is 12.1 Å². The standard InChI is InChI=1S/C19H24N2O2S/c1-14(16-7-5-8-18(12-16)24(20,22)23)21(2)13-17-6-3-4-9-19(17)15-10-11-15/h3-9,12,14-15H,10-11,13H2,1-2H3,(H2,20,22,23). The van der Waals surface area contributed by atoms with Crippen molar-refractivity contribution >= 4 is 10.0 Å². The summed E-state index contributed by atoms with van der Waals surface area (Å²) < 4.78 is 23.1. The van der Waals surface area contributed by atoms with Crippen molar-refractivity contribution in [3.63, 3.8) is 0 Å². The van der Waals surface area contributed by atoms with E-state index in [9.17, 15) is 8.42 Å². The normalized spacial score (nSPS) is 16.3. The van der Waals surface area contributed by atoms with Crippen LogP contribution in [0.1, 0.15) is 48.4 Å². The van der Waals surface area contributed by atoms with Crippen LogP contribution in [-0.2, 0) is 16.6 Å². The number of sulfonamides is 1. The van der Waals surface area contributed by atoms with Gasteiger partial charge >= 0.3 is 0 Å². The highest BCUT2D eigenvalue weighted by Gasteiger charge is 2.26. The molecular weight excluding hydrogens is 320 g/mol. The van der Waals surface area contributed by atoms with Crippen LogP contribution in [-0.4, -0.2) is 20.4 Å². The van der Waals surface area contributed by atoms with Crippen LogP contribution in [0.3, 0.4) is 0 Å². The van der Waals surface area contributed by atoms with Gasteiger partial charge < -0.3 is 0 Å². The van der Waals surface area contributed by atoms with Gasteiger partial charge in [-0.2, -0.15) is 0 Å². The van der Waals surface area contributed by atoms with Gasteiger partial charge in [0.25, 0.3) is 0 Å². The molecule has 0 aromatic heterocycles. The third-order valence-corrected chi connectivity index (χ3v) is 5.73. The van der Waals surface area contributed by atoms with E-state index >= 15 is 0 Å². The number of hydrogen-bond donors (Lipinski definition) is 1. The zero-order chi connectivity index (χ0) is 17.3. The first-order chi connectivity index (χ1) is 11.4. The van der Waals surface area contributed by atoms with Crippen molar-refractivity contribution < 1.29 is 8.42 Å². The van der Waals surface area contributed by atoms with Gasteiger partial charge in [0.15, 0.2) is 0 Å². The molecule has 0 saturated heterocycles. The summed E-state index contributed by atoms with van der Waals surface area (Å²) in [7, 11) is -1.60. The Hall–Kier alpha value is -1.69. The molecule has 2 N–H and O–H groups in total. The second-order valence-corrected chi connectivity index (χ2v) is 8.24. The topological polar surface area (TPSA) is 63.4 Å². The van der Waals surface area contributed by atoms with Gasteiger partial charge in [-0.3, -0.25) is 4.90 Å². The lowest BCUT2D eigenvalue weighted by molar-refractivity contribution is 0.252. The second kappa shape index (κ2) is 6.67. The molecule has 1 aliphatic rings. The average Bonchev–Trinajstić information content (AvgIpc) is 3.39. The molecule has 1 fully saturated rings. The van der Waals surface area contributed by atoms with E-state index in [1.807, 2.05) is 6.07 Å². The van der Waals surface area contributed by atoms with E-state index in [4.69, 9.17) is 5.14 Å². The SMILES string of the molecule is CC(c1cccc(S(N)(=O)=O)c1)N(C)Cc1ccccc1C1CC1. The van der Waals surface area contributed by atoms with E-state index in [0.29, 0.717) is 0 Å². The molecule has 0 amide bonds. The molecular formula is C19H24N2O2S. The van der Waals surface area contributed by atoms with E-state index in [1.165, 1.54) is 30.0 Å². The maximum absolute atomic E-state index is 11.6. The summed E-state index contributed by atoms with van der Waals surface area (Å²) in [5.74, 6) is 0.718. The molecule has 1 unspecified atom stereocenters. The summed E-state index contributed by atoms with van der Waals surface area (Å²) in [6, 6.07) is 15.6. The van der Waals surface area contributed by atoms with Gasteiger partial charge in [0, 0.05) is 12.6 Å². The van der Waals surface area contributed by atoms with Crippen LogP contribution in [0, 0.1) is 0 Å². The van der Waals surface area contributed by atoms with Gasteiger partial charge in [-0.15, -0.1) is 0 Å². The van der Waals surface area contributed by atoms with Crippen molar-refractivity contribution in [1.82, 2.24) is 4.90 Å². The number of benzene rings is 2. The van der Waals surface area contributed by atoms with Crippen molar-refractivity contribution in [3.05, 3.63) is 65.2 Å². The van der Waals surface area contributed by atoms with Crippen molar-refractivity contribution in [2.75, 3.05) is 7.05 Å². The van der Waals surface area contributed by atoms with E-state index in [0.717, 1.165) is 18.0 Å². The highest BCUT2D eigenvalue weighted by molar-refractivity contribution is 7.89. The average molecular weight is 344 g/mol. The van der Waals surface area contributed by atoms with Gasteiger partial charge in [-0.05, 0) is 61.6 Å². The molecule has 2 aromatic carbocycles. The van der Waals surface area contributed by atoms with Crippen LogP contribution in [0.5, 0.6) is 0 Å². The second-order valence-electron chi connectivity index (χ2n) is 6.68. The summed E-state index contributed by atoms with van der Waals surface area (Å²) >= 11 is 0. The molecule has 0 spiro atoms. The molecule has 3 rings (SSSR count). The molecule has 1 aliphatic carbocycles. The Morgan fingerprint density at radius 2 is 1.88 bits per heavy atom. The Morgan fingerprint density at radius 1 is 1.17 bits per heavy atom. The minimum absolute atomic E-state index is 0.0963. The fraction of sp³-hybridized carbons (Fsp3) is 0.368. The van der Waals surface area contributed by atoms with Crippen molar-refractivity contribution in [2.24, 2.45) is 5.14 Å². The van der Waals surface area contributed by atoms with Crippen LogP contribution in [0.4, 0.5) is 0 Å². The molecule has 0 heterocycles. The maximum atomic E-state index is 11.6. The van der Waals surface area contributed by atoms with Gasteiger partial charge in [-0.1, -0.05) is 36.4 Å². The monoisotopic (exact) mass is 344 g/mol. The summed E-state index contributed by atoms with van der Waals surface area (Å²) in [5.41, 5.74) is 3.76. The van der Waals surface area contributed by atoms with Crippen LogP contribution in [0.2, 0.25) is 0 Å². The molecule has 1 saturated carbocycles. The number of primary sulfonamides is 1. The van der Waals surface area contributed by atoms with E-state index in [2.05, 4.69) is 43.1 Å². The molecule has 1 atom stereocenters. The van der Waals surface area contributed by atoms with Gasteiger partial charge in [0.1, 0.15) is 0 Å². The predicted octanol–water partition coefficient (Wildman–Crippen LogP) is 3.40. The van der Waals surface area contributed by atoms with E-state index in [-0.39, 0.29) is 10.9 Å². The minimum Gasteiger partial charge on any atom is -0.295 e. The molecule has 0 aliphatic heterocycles. The maximum Gasteiger partial charge on any atom is 0.238 e. The Morgan fingerprint density at radius 3 is 2.54 bits per heavy atom. The van der Waals surface area contributed by atoms with Crippen LogP contribution < -0.4 is 5.14 Å². The molecule has 0 bridgehead atoms. The zero-order valence-corrected chi connectivity index (χ0v) is 15.0. The first-order valence-electron chi connectivity index (χ1n) is 8.27. The van der Waals surface area contributed by atoms with Crippen molar-refractivity contribution in [1.29, 1.82) is 0 Å². The fourth-order valence-electron chi connectivity index (χ4n) is 3.08. The summed E-state index contributed by atoms with van der Waals surface area (Å²) in [6.45, 7) is 2.93. The Bertz CT molecular complexity index is 829. The number of nitrogens with two attached hydrogens (primary N) is 1. The lowest BCUT2D eigenvalue weighted by atomic mass is 10.0. The van der Waals surface area contributed by atoms with Crippen molar-refractivity contribution in [2.45, 2.75) is 43.2 Å². The first-order valence-corrected chi connectivity index (χ1v) is 9.81. The minimum atomic E-state index is -3.67. The largest absolute Gasteiger partial charge is 0.295 e. The fourth-order valence-corrected chi connectivity index (χ4v) is 3.65. The van der Waals surface area contributed by atoms with Gasteiger partial charge in [0.05, 0.1) is 4.90 Å². The summed E-state index contributed by atoms with van der Waals surface area (Å²) in [5, 5.41) is 5.24. The lowest BCUT2D eigenvalue weighted by Gasteiger charge is -2.26. The van der Waals surface area contributed by atoms with Crippen molar-refractivity contribution in [3.8, 4) is 0 Å². The van der Waals surface area contributed by atoms with Crippen LogP contribution in [0.25, 0.3) is 0 Å². The Labute approximate surface area is 144 Å². The molecule has 2 aromatic rings. The molecule has 5 heteroatoms.